The van der Waals surface area contributed by atoms with Gasteiger partial charge in [-0.05, 0) is 46.3 Å². The second-order valence-electron chi connectivity index (χ2n) is 11.1. The van der Waals surface area contributed by atoms with Gasteiger partial charge in [0.15, 0.2) is 0 Å². The van der Waals surface area contributed by atoms with Crippen molar-refractivity contribution in [3.63, 3.8) is 0 Å². The van der Waals surface area contributed by atoms with Crippen LogP contribution in [0.25, 0.3) is 0 Å². The highest BCUT2D eigenvalue weighted by molar-refractivity contribution is 7.94. The Labute approximate surface area is 212 Å². The van der Waals surface area contributed by atoms with E-state index in [-0.39, 0.29) is 16.7 Å². The Morgan fingerprint density at radius 2 is 1.37 bits per heavy atom. The van der Waals surface area contributed by atoms with Crippen LogP contribution in [-0.4, -0.2) is 28.9 Å². The molecule has 0 heterocycles. The van der Waals surface area contributed by atoms with E-state index in [1.807, 2.05) is 42.5 Å². The maximum absolute atomic E-state index is 15.3. The van der Waals surface area contributed by atoms with Crippen LogP contribution in [0.1, 0.15) is 53.4 Å². The highest BCUT2D eigenvalue weighted by Gasteiger charge is 2.51. The van der Waals surface area contributed by atoms with E-state index in [0.29, 0.717) is 6.42 Å². The molecule has 4 rings (SSSR count). The highest BCUT2D eigenvalue weighted by atomic mass is 32.2. The summed E-state index contributed by atoms with van der Waals surface area (Å²) in [6, 6.07) is 30.6. The summed E-state index contributed by atoms with van der Waals surface area (Å²) in [5.41, 5.74) is -0.986. The van der Waals surface area contributed by atoms with Crippen molar-refractivity contribution in [2.45, 2.75) is 68.9 Å². The van der Waals surface area contributed by atoms with Gasteiger partial charge in [0, 0.05) is 4.90 Å². The lowest BCUT2D eigenvalue weighted by atomic mass is 9.78. The van der Waals surface area contributed by atoms with Crippen LogP contribution in [0, 0.1) is 5.92 Å². The zero-order valence-corrected chi connectivity index (χ0v) is 23.3. The Kier molecular flexibility index (Phi) is 7.42. The minimum atomic E-state index is -2.97. The summed E-state index contributed by atoms with van der Waals surface area (Å²) < 4.78 is 20.9. The fraction of sp³-hybridized carbons (Fsp3) is 0.400. The third-order valence-electron chi connectivity index (χ3n) is 7.72. The number of aliphatic hydroxyl groups is 1. The maximum Gasteiger partial charge on any atom is 0.260 e. The van der Waals surface area contributed by atoms with Gasteiger partial charge in [0.25, 0.3) is 8.24 Å². The average molecular weight is 506 g/mol. The van der Waals surface area contributed by atoms with E-state index in [0.717, 1.165) is 34.5 Å². The molecule has 0 amide bonds. The monoisotopic (exact) mass is 505 g/mol. The number of hydrogen-bond donors (Lipinski definition) is 1. The average Bonchev–Trinajstić information content (AvgIpc) is 2.85. The molecule has 1 saturated carbocycles. The van der Waals surface area contributed by atoms with Crippen LogP contribution in [0.5, 0.6) is 0 Å². The molecule has 1 aliphatic rings. The molecule has 1 N–H and O–H groups in total. The first-order chi connectivity index (χ1) is 16.6. The topological polar surface area (TPSA) is 49.7 Å². The lowest BCUT2D eigenvalue weighted by Gasteiger charge is -2.43. The Morgan fingerprint density at radius 3 is 1.83 bits per heavy atom. The molecule has 3 aromatic carbocycles. The Bertz CT molecular complexity index is 1190. The SMILES string of the molecule is C[C@@H]1CCCC[C@@]1(O)C[S@@](=O)(=N[Si](c1ccccc1)(c1ccccc1)C(C)(C)C)c1ccccc1. The van der Waals surface area contributed by atoms with E-state index in [1.165, 1.54) is 0 Å². The standard InChI is InChI=1S/C30H39NO2SSi/c1-25-16-14-15-23-30(25,32)24-34(33,26-17-8-5-9-18-26)31-35(29(2,3)4,27-19-10-6-11-20-27)28-21-12-7-13-22-28/h5-13,17-22,25,32H,14-16,23-24H2,1-4H3/t25-,30-,34+/m1/s1. The first-order valence-corrected chi connectivity index (χ1v) is 16.4. The number of nitrogens with zero attached hydrogens (tertiary/aromatic N) is 1. The van der Waals surface area contributed by atoms with Gasteiger partial charge < -0.3 is 5.11 Å². The predicted molar refractivity (Wildman–Crippen MR) is 150 cm³/mol. The molecule has 0 unspecified atom stereocenters. The fourth-order valence-corrected chi connectivity index (χ4v) is 15.3. The number of hydrogen-bond acceptors (Lipinski definition) is 3. The smallest absolute Gasteiger partial charge is 0.260 e. The van der Waals surface area contributed by atoms with Gasteiger partial charge >= 0.3 is 0 Å². The van der Waals surface area contributed by atoms with Crippen molar-refractivity contribution >= 4 is 28.3 Å². The molecule has 0 radical (unpaired) electrons. The molecule has 0 spiro atoms. The van der Waals surface area contributed by atoms with E-state index in [2.05, 4.69) is 76.2 Å². The summed E-state index contributed by atoms with van der Waals surface area (Å²) in [6.45, 7) is 8.79. The lowest BCUT2D eigenvalue weighted by molar-refractivity contribution is -0.0203. The van der Waals surface area contributed by atoms with Crippen molar-refractivity contribution in [2.75, 3.05) is 5.75 Å². The van der Waals surface area contributed by atoms with Crippen LogP contribution in [0.2, 0.25) is 5.04 Å². The van der Waals surface area contributed by atoms with E-state index in [4.69, 9.17) is 4.03 Å². The van der Waals surface area contributed by atoms with Crippen molar-refractivity contribution in [1.29, 1.82) is 0 Å². The molecule has 0 aliphatic heterocycles. The Balaban J connectivity index is 2.07. The second kappa shape index (κ2) is 10.0. The zero-order valence-electron chi connectivity index (χ0n) is 21.5. The van der Waals surface area contributed by atoms with Gasteiger partial charge in [-0.1, -0.05) is 119 Å². The fourth-order valence-electron chi connectivity index (χ4n) is 5.61. The predicted octanol–water partition coefficient (Wildman–Crippen LogP) is 6.01. The van der Waals surface area contributed by atoms with Crippen LogP contribution >= 0.6 is 0 Å². The number of rotatable bonds is 6. The van der Waals surface area contributed by atoms with Crippen molar-refractivity contribution in [3.8, 4) is 0 Å². The van der Waals surface area contributed by atoms with Crippen LogP contribution in [0.15, 0.2) is 99.9 Å². The van der Waals surface area contributed by atoms with Crippen molar-refractivity contribution < 1.29 is 9.32 Å². The van der Waals surface area contributed by atoms with Gasteiger partial charge in [0.2, 0.25) is 0 Å². The molecule has 0 saturated heterocycles. The normalized spacial score (nSPS) is 22.8. The first-order valence-electron chi connectivity index (χ1n) is 12.8. The molecule has 5 heteroatoms. The third kappa shape index (κ3) is 5.04. The summed E-state index contributed by atoms with van der Waals surface area (Å²) in [4.78, 5) is 0.721. The molecule has 3 nitrogen and oxygen atoms in total. The molecule has 3 atom stereocenters. The molecule has 3 aromatic rings. The van der Waals surface area contributed by atoms with E-state index >= 15 is 4.21 Å². The summed E-state index contributed by atoms with van der Waals surface area (Å²) in [7, 11) is -5.93. The van der Waals surface area contributed by atoms with E-state index in [1.54, 1.807) is 0 Å². The van der Waals surface area contributed by atoms with Gasteiger partial charge in [-0.3, -0.25) is 4.03 Å². The van der Waals surface area contributed by atoms with Gasteiger partial charge in [-0.25, -0.2) is 4.21 Å². The van der Waals surface area contributed by atoms with E-state index < -0.39 is 23.6 Å². The van der Waals surface area contributed by atoms with Crippen molar-refractivity contribution in [1.82, 2.24) is 0 Å². The molecule has 35 heavy (non-hydrogen) atoms. The van der Waals surface area contributed by atoms with Gasteiger partial charge in [0.05, 0.1) is 21.1 Å². The van der Waals surface area contributed by atoms with Crippen LogP contribution in [-0.2, 0) is 9.73 Å². The molecule has 1 fully saturated rings. The lowest BCUT2D eigenvalue weighted by Crippen LogP contribution is -2.64. The molecule has 186 valence electrons. The van der Waals surface area contributed by atoms with Crippen LogP contribution in [0.3, 0.4) is 0 Å². The minimum absolute atomic E-state index is 0.0927. The largest absolute Gasteiger partial charge is 0.389 e. The van der Waals surface area contributed by atoms with Gasteiger partial charge in [0.1, 0.15) is 0 Å². The first kappa shape index (κ1) is 25.9. The summed E-state index contributed by atoms with van der Waals surface area (Å²) >= 11 is 0. The maximum atomic E-state index is 15.3. The second-order valence-corrected chi connectivity index (χ2v) is 18.0. The number of benzene rings is 3. The van der Waals surface area contributed by atoms with Crippen LogP contribution in [0.4, 0.5) is 0 Å². The molecule has 0 aromatic heterocycles. The minimum Gasteiger partial charge on any atom is -0.389 e. The van der Waals surface area contributed by atoms with Crippen molar-refractivity contribution in [2.24, 2.45) is 9.95 Å². The molecular weight excluding hydrogens is 466 g/mol. The zero-order chi connectivity index (χ0) is 25.2. The Morgan fingerprint density at radius 1 is 0.886 bits per heavy atom. The molecular formula is C30H39NO2SSi. The Hall–Kier alpha value is -2.21. The molecule has 1 aliphatic carbocycles. The summed E-state index contributed by atoms with van der Waals surface area (Å²) in [5.74, 6) is 0.269. The van der Waals surface area contributed by atoms with Gasteiger partial charge in [-0.15, -0.1) is 0 Å². The quantitative estimate of drug-likeness (QED) is 0.417. The van der Waals surface area contributed by atoms with Gasteiger partial charge in [-0.2, -0.15) is 0 Å². The summed E-state index contributed by atoms with van der Waals surface area (Å²) in [5, 5.41) is 13.9. The molecule has 0 bridgehead atoms. The van der Waals surface area contributed by atoms with Crippen LogP contribution < -0.4 is 10.4 Å². The van der Waals surface area contributed by atoms with Crippen molar-refractivity contribution in [3.05, 3.63) is 91.0 Å². The van der Waals surface area contributed by atoms with E-state index in [9.17, 15) is 5.11 Å². The highest BCUT2D eigenvalue weighted by Crippen LogP contribution is 2.41. The third-order valence-corrected chi connectivity index (χ3v) is 16.4. The summed E-state index contributed by atoms with van der Waals surface area (Å²) in [6.07, 6.45) is 3.71.